The Hall–Kier alpha value is -2.34. The second-order valence-corrected chi connectivity index (χ2v) is 4.25. The van der Waals surface area contributed by atoms with E-state index in [0.29, 0.717) is 0 Å². The van der Waals surface area contributed by atoms with Gasteiger partial charge in [0.2, 0.25) is 0 Å². The van der Waals surface area contributed by atoms with Crippen LogP contribution in [0.15, 0.2) is 46.4 Å². The Bertz CT molecular complexity index is 544. The van der Waals surface area contributed by atoms with Gasteiger partial charge in [-0.05, 0) is 29.7 Å². The van der Waals surface area contributed by atoms with Crippen molar-refractivity contribution in [2.45, 2.75) is 0 Å². The van der Waals surface area contributed by atoms with E-state index in [-0.39, 0.29) is 5.76 Å². The number of amides is 2. The van der Waals surface area contributed by atoms with E-state index in [2.05, 4.69) is 10.9 Å². The molecule has 2 rings (SSSR count). The van der Waals surface area contributed by atoms with E-state index in [1.165, 1.54) is 29.7 Å². The number of hydrogen-bond acceptors (Lipinski definition) is 4. The van der Waals surface area contributed by atoms with Crippen molar-refractivity contribution in [2.75, 3.05) is 0 Å². The molecule has 2 heterocycles. The molecule has 0 saturated heterocycles. The van der Waals surface area contributed by atoms with Gasteiger partial charge in [-0.3, -0.25) is 20.4 Å². The molecule has 0 unspecified atom stereocenters. The van der Waals surface area contributed by atoms with Crippen LogP contribution in [0.3, 0.4) is 0 Å². The molecule has 0 radical (unpaired) electrons. The average Bonchev–Trinajstić information content (AvgIpc) is 3.05. The minimum Gasteiger partial charge on any atom is -0.459 e. The van der Waals surface area contributed by atoms with Crippen molar-refractivity contribution in [1.29, 1.82) is 0 Å². The first-order valence-corrected chi connectivity index (χ1v) is 5.99. The van der Waals surface area contributed by atoms with E-state index < -0.39 is 11.8 Å². The summed E-state index contributed by atoms with van der Waals surface area (Å²) in [6, 6.07) is 6.87. The second-order valence-electron chi connectivity index (χ2n) is 3.27. The van der Waals surface area contributed by atoms with E-state index in [0.717, 1.165) is 4.88 Å². The molecular formula is C12H10N2O3S. The molecule has 0 saturated carbocycles. The summed E-state index contributed by atoms with van der Waals surface area (Å²) >= 11 is 1.52. The van der Waals surface area contributed by atoms with Gasteiger partial charge in [0.1, 0.15) is 0 Å². The van der Waals surface area contributed by atoms with Crippen LogP contribution in [0.1, 0.15) is 15.4 Å². The van der Waals surface area contributed by atoms with Crippen molar-refractivity contribution in [2.24, 2.45) is 0 Å². The van der Waals surface area contributed by atoms with E-state index in [9.17, 15) is 9.59 Å². The van der Waals surface area contributed by atoms with Gasteiger partial charge < -0.3 is 4.42 Å². The van der Waals surface area contributed by atoms with Gasteiger partial charge in [-0.2, -0.15) is 0 Å². The molecule has 0 spiro atoms. The maximum Gasteiger partial charge on any atom is 0.305 e. The Labute approximate surface area is 107 Å². The Morgan fingerprint density at radius 3 is 2.78 bits per heavy atom. The number of nitrogens with one attached hydrogen (secondary N) is 2. The zero-order chi connectivity index (χ0) is 12.8. The predicted octanol–water partition coefficient (Wildman–Crippen LogP) is 1.82. The van der Waals surface area contributed by atoms with Crippen LogP contribution in [-0.2, 0) is 4.79 Å². The van der Waals surface area contributed by atoms with Gasteiger partial charge in [-0.25, -0.2) is 0 Å². The number of thiophene rings is 1. The topological polar surface area (TPSA) is 71.3 Å². The van der Waals surface area contributed by atoms with Crippen LogP contribution in [0.25, 0.3) is 6.08 Å². The zero-order valence-corrected chi connectivity index (χ0v) is 10.1. The van der Waals surface area contributed by atoms with Gasteiger partial charge in [0, 0.05) is 11.0 Å². The minimum atomic E-state index is -0.502. The quantitative estimate of drug-likeness (QED) is 0.654. The highest BCUT2D eigenvalue weighted by atomic mass is 32.1. The van der Waals surface area contributed by atoms with E-state index >= 15 is 0 Å². The molecule has 5 nitrogen and oxygen atoms in total. The molecule has 6 heteroatoms. The van der Waals surface area contributed by atoms with Crippen molar-refractivity contribution < 1.29 is 14.0 Å². The van der Waals surface area contributed by atoms with Crippen LogP contribution < -0.4 is 10.9 Å². The van der Waals surface area contributed by atoms with Crippen molar-refractivity contribution in [3.05, 3.63) is 52.6 Å². The molecule has 18 heavy (non-hydrogen) atoms. The molecule has 92 valence electrons. The lowest BCUT2D eigenvalue weighted by Gasteiger charge is -2.02. The van der Waals surface area contributed by atoms with Gasteiger partial charge in [0.05, 0.1) is 6.26 Å². The number of hydrogen-bond donors (Lipinski definition) is 2. The molecule has 0 fully saturated rings. The normalized spacial score (nSPS) is 10.4. The standard InChI is InChI=1S/C12H10N2O3S/c15-11(6-5-9-3-2-8-18-9)13-14-12(16)10-4-1-7-17-10/h1-8H,(H,13,15)(H,14,16). The maximum absolute atomic E-state index is 11.4. The Balaban J connectivity index is 1.80. The fourth-order valence-corrected chi connectivity index (χ4v) is 1.79. The van der Waals surface area contributed by atoms with Crippen LogP contribution in [-0.4, -0.2) is 11.8 Å². The third kappa shape index (κ3) is 3.33. The van der Waals surface area contributed by atoms with Crippen LogP contribution >= 0.6 is 11.3 Å². The largest absolute Gasteiger partial charge is 0.459 e. The number of furan rings is 1. The van der Waals surface area contributed by atoms with Gasteiger partial charge >= 0.3 is 5.91 Å². The average molecular weight is 262 g/mol. The van der Waals surface area contributed by atoms with Gasteiger partial charge in [-0.15, -0.1) is 11.3 Å². The molecule has 2 amide bonds. The summed E-state index contributed by atoms with van der Waals surface area (Å²) in [6.45, 7) is 0. The number of hydrazine groups is 1. The molecule has 2 N–H and O–H groups in total. The number of rotatable bonds is 3. The molecule has 0 aliphatic rings. The second kappa shape index (κ2) is 5.83. The van der Waals surface area contributed by atoms with Crippen molar-refractivity contribution in [3.8, 4) is 0 Å². The predicted molar refractivity (Wildman–Crippen MR) is 67.7 cm³/mol. The van der Waals surface area contributed by atoms with Crippen molar-refractivity contribution >= 4 is 29.2 Å². The summed E-state index contributed by atoms with van der Waals surface area (Å²) in [6.07, 6.45) is 4.39. The Kier molecular flexibility index (Phi) is 3.93. The highest BCUT2D eigenvalue weighted by Gasteiger charge is 2.07. The van der Waals surface area contributed by atoms with Gasteiger partial charge in [0.15, 0.2) is 5.76 Å². The number of carbonyl (C=O) groups excluding carboxylic acids is 2. The maximum atomic E-state index is 11.4. The lowest BCUT2D eigenvalue weighted by Crippen LogP contribution is -2.40. The van der Waals surface area contributed by atoms with E-state index in [1.54, 1.807) is 12.1 Å². The van der Waals surface area contributed by atoms with Crippen LogP contribution in [0.2, 0.25) is 0 Å². The van der Waals surface area contributed by atoms with Crippen molar-refractivity contribution in [3.63, 3.8) is 0 Å². The third-order valence-corrected chi connectivity index (χ3v) is 2.82. The summed E-state index contributed by atoms with van der Waals surface area (Å²) < 4.78 is 4.87. The molecular weight excluding hydrogens is 252 g/mol. The summed E-state index contributed by atoms with van der Waals surface area (Å²) in [5.41, 5.74) is 4.49. The molecule has 0 aliphatic carbocycles. The zero-order valence-electron chi connectivity index (χ0n) is 9.25. The molecule has 0 aromatic carbocycles. The lowest BCUT2D eigenvalue weighted by atomic mass is 10.4. The third-order valence-electron chi connectivity index (χ3n) is 1.99. The Morgan fingerprint density at radius 2 is 2.11 bits per heavy atom. The summed E-state index contributed by atoms with van der Waals surface area (Å²) in [5.74, 6) is -0.779. The lowest BCUT2D eigenvalue weighted by molar-refractivity contribution is -0.117. The van der Waals surface area contributed by atoms with Gasteiger partial charge in [0.25, 0.3) is 5.91 Å². The van der Waals surface area contributed by atoms with Crippen molar-refractivity contribution in [1.82, 2.24) is 10.9 Å². The van der Waals surface area contributed by atoms with Crippen LogP contribution in [0.4, 0.5) is 0 Å². The molecule has 2 aromatic rings. The Morgan fingerprint density at radius 1 is 1.22 bits per heavy atom. The molecule has 2 aromatic heterocycles. The fraction of sp³-hybridized carbons (Fsp3) is 0. The molecule has 0 bridgehead atoms. The molecule has 0 aliphatic heterocycles. The smallest absolute Gasteiger partial charge is 0.305 e. The fourth-order valence-electron chi connectivity index (χ4n) is 1.17. The first-order valence-electron chi connectivity index (χ1n) is 5.11. The SMILES string of the molecule is O=C(C=Cc1cccs1)NNC(=O)c1ccco1. The summed E-state index contributed by atoms with van der Waals surface area (Å²) in [7, 11) is 0. The first-order chi connectivity index (χ1) is 8.75. The minimum absolute atomic E-state index is 0.137. The van der Waals surface area contributed by atoms with Crippen LogP contribution in [0, 0.1) is 0 Å². The first kappa shape index (κ1) is 12.1. The van der Waals surface area contributed by atoms with E-state index in [1.807, 2.05) is 17.5 Å². The van der Waals surface area contributed by atoms with Gasteiger partial charge in [-0.1, -0.05) is 6.07 Å². The number of carbonyl (C=O) groups is 2. The molecule has 0 atom stereocenters. The van der Waals surface area contributed by atoms with E-state index in [4.69, 9.17) is 4.42 Å². The summed E-state index contributed by atoms with van der Waals surface area (Å²) in [4.78, 5) is 23.7. The highest BCUT2D eigenvalue weighted by molar-refractivity contribution is 7.10. The monoisotopic (exact) mass is 262 g/mol. The highest BCUT2D eigenvalue weighted by Crippen LogP contribution is 2.09. The summed E-state index contributed by atoms with van der Waals surface area (Å²) in [5, 5.41) is 1.91. The van der Waals surface area contributed by atoms with Crippen LogP contribution in [0.5, 0.6) is 0 Å².